The molecule has 0 aliphatic carbocycles. The molecule has 1 aliphatic heterocycles. The van der Waals surface area contributed by atoms with E-state index in [0.717, 1.165) is 25.9 Å². The first-order valence-corrected chi connectivity index (χ1v) is 8.87. The molecule has 0 radical (unpaired) electrons. The molecule has 1 fully saturated rings. The van der Waals surface area contributed by atoms with Crippen LogP contribution < -0.4 is 0 Å². The van der Waals surface area contributed by atoms with Crippen molar-refractivity contribution in [1.29, 1.82) is 0 Å². The fraction of sp³-hybridized carbons (Fsp3) is 0.444. The number of carbonyl (C=O) groups is 1. The second-order valence-corrected chi connectivity index (χ2v) is 6.86. The molecule has 3 rings (SSSR count). The van der Waals surface area contributed by atoms with Crippen LogP contribution in [0, 0.1) is 12.8 Å². The number of ether oxygens (including phenoxy) is 1. The van der Waals surface area contributed by atoms with Crippen molar-refractivity contribution in [2.75, 3.05) is 20.2 Å². The fourth-order valence-electron chi connectivity index (χ4n) is 3.32. The van der Waals surface area contributed by atoms with Crippen molar-refractivity contribution in [2.24, 2.45) is 5.92 Å². The second-order valence-electron chi connectivity index (χ2n) is 6.14. The third kappa shape index (κ3) is 3.79. The summed E-state index contributed by atoms with van der Waals surface area (Å²) in [7, 11) is 1.77. The maximum atomic E-state index is 12.5. The van der Waals surface area contributed by atoms with Gasteiger partial charge in [0, 0.05) is 31.5 Å². The summed E-state index contributed by atoms with van der Waals surface area (Å²) in [5.74, 6) is 0.355. The molecule has 1 aliphatic rings. The van der Waals surface area contributed by atoms with Crippen LogP contribution in [0.3, 0.4) is 0 Å². The van der Waals surface area contributed by atoms with Crippen molar-refractivity contribution in [2.45, 2.75) is 25.9 Å². The van der Waals surface area contributed by atoms with E-state index >= 15 is 0 Å². The third-order valence-electron chi connectivity index (χ3n) is 4.49. The molecular weight excluding hydrogens is 308 g/mol. The van der Waals surface area contributed by atoms with E-state index < -0.39 is 0 Å². The maximum Gasteiger partial charge on any atom is 0.273 e. The number of benzene rings is 1. The molecular formula is C18H22N2O2S. The molecule has 0 N–H and O–H groups in total. The van der Waals surface area contributed by atoms with Crippen LogP contribution in [-0.2, 0) is 11.2 Å². The average molecular weight is 330 g/mol. The van der Waals surface area contributed by atoms with Crippen LogP contribution in [0.5, 0.6) is 0 Å². The lowest BCUT2D eigenvalue weighted by Gasteiger charge is -2.37. The van der Waals surface area contributed by atoms with Gasteiger partial charge in [-0.3, -0.25) is 4.79 Å². The number of nitrogens with zero attached hydrogens (tertiary/aromatic N) is 2. The van der Waals surface area contributed by atoms with Gasteiger partial charge in [-0.15, -0.1) is 11.3 Å². The normalized spacial score (nSPS) is 21.4. The average Bonchev–Trinajstić information content (AvgIpc) is 3.08. The predicted octanol–water partition coefficient (Wildman–Crippen LogP) is 3.17. The van der Waals surface area contributed by atoms with Crippen LogP contribution in [0.15, 0.2) is 35.2 Å². The van der Waals surface area contributed by atoms with Gasteiger partial charge in [-0.1, -0.05) is 29.8 Å². The van der Waals surface area contributed by atoms with Crippen molar-refractivity contribution in [1.82, 2.24) is 9.88 Å². The third-order valence-corrected chi connectivity index (χ3v) is 5.07. The van der Waals surface area contributed by atoms with Gasteiger partial charge >= 0.3 is 0 Å². The zero-order chi connectivity index (χ0) is 16.2. The highest BCUT2D eigenvalue weighted by Crippen LogP contribution is 2.25. The van der Waals surface area contributed by atoms with E-state index in [9.17, 15) is 4.79 Å². The summed E-state index contributed by atoms with van der Waals surface area (Å²) in [6.45, 7) is 3.57. The predicted molar refractivity (Wildman–Crippen MR) is 91.8 cm³/mol. The first kappa shape index (κ1) is 16.1. The van der Waals surface area contributed by atoms with E-state index in [1.807, 2.05) is 10.3 Å². The number of amides is 1. The second kappa shape index (κ2) is 7.23. The Morgan fingerprint density at radius 1 is 1.48 bits per heavy atom. The zero-order valence-corrected chi connectivity index (χ0v) is 14.4. The topological polar surface area (TPSA) is 42.4 Å². The van der Waals surface area contributed by atoms with Crippen molar-refractivity contribution >= 4 is 17.2 Å². The number of thiazole rings is 1. The van der Waals surface area contributed by atoms with Gasteiger partial charge in [0.1, 0.15) is 5.69 Å². The first-order valence-electron chi connectivity index (χ1n) is 7.93. The molecule has 1 aromatic heterocycles. The summed E-state index contributed by atoms with van der Waals surface area (Å²) >= 11 is 1.46. The molecule has 0 bridgehead atoms. The number of methoxy groups -OCH3 is 1. The monoisotopic (exact) mass is 330 g/mol. The Morgan fingerprint density at radius 2 is 2.35 bits per heavy atom. The van der Waals surface area contributed by atoms with Gasteiger partial charge in [-0.25, -0.2) is 4.98 Å². The van der Waals surface area contributed by atoms with Gasteiger partial charge in [0.25, 0.3) is 5.91 Å². The molecule has 1 saturated heterocycles. The smallest absolute Gasteiger partial charge is 0.273 e. The highest BCUT2D eigenvalue weighted by molar-refractivity contribution is 7.07. The van der Waals surface area contributed by atoms with E-state index in [1.165, 1.54) is 22.5 Å². The molecule has 2 aromatic rings. The standard InChI is InChI=1S/C18H22N2O2S/c1-13-4-3-5-14(8-13)9-15-10-20(7-6-17(15)22-2)18(21)16-11-23-12-19-16/h3-5,8,11-12,15,17H,6-7,9-10H2,1-2H3/t15-,17+/m0/s1. The van der Waals surface area contributed by atoms with Gasteiger partial charge < -0.3 is 9.64 Å². The minimum absolute atomic E-state index is 0.0371. The van der Waals surface area contributed by atoms with Gasteiger partial charge in [0.2, 0.25) is 0 Å². The van der Waals surface area contributed by atoms with Crippen LogP contribution in [0.2, 0.25) is 0 Å². The first-order chi connectivity index (χ1) is 11.2. The molecule has 0 unspecified atom stereocenters. The Labute approximate surface area is 141 Å². The molecule has 122 valence electrons. The molecule has 2 atom stereocenters. The lowest BCUT2D eigenvalue weighted by molar-refractivity contribution is -0.00315. The van der Waals surface area contributed by atoms with E-state index in [2.05, 4.69) is 36.2 Å². The lowest BCUT2D eigenvalue weighted by Crippen LogP contribution is -2.47. The number of aryl methyl sites for hydroxylation is 1. The van der Waals surface area contributed by atoms with Crippen LogP contribution >= 0.6 is 11.3 Å². The van der Waals surface area contributed by atoms with E-state index in [1.54, 1.807) is 12.6 Å². The molecule has 1 aromatic carbocycles. The van der Waals surface area contributed by atoms with Gasteiger partial charge in [0.15, 0.2) is 0 Å². The van der Waals surface area contributed by atoms with Gasteiger partial charge in [-0.05, 0) is 25.3 Å². The Bertz CT molecular complexity index is 657. The van der Waals surface area contributed by atoms with Crippen LogP contribution in [0.1, 0.15) is 28.0 Å². The number of hydrogen-bond donors (Lipinski definition) is 0. The maximum absolute atomic E-state index is 12.5. The Balaban J connectivity index is 1.72. The van der Waals surface area contributed by atoms with Crippen LogP contribution in [0.4, 0.5) is 0 Å². The van der Waals surface area contributed by atoms with Gasteiger partial charge in [-0.2, -0.15) is 0 Å². The largest absolute Gasteiger partial charge is 0.381 e. The summed E-state index contributed by atoms with van der Waals surface area (Å²) in [6, 6.07) is 8.57. The van der Waals surface area contributed by atoms with Crippen molar-refractivity contribution in [3.8, 4) is 0 Å². The highest BCUT2D eigenvalue weighted by atomic mass is 32.1. The summed E-state index contributed by atoms with van der Waals surface area (Å²) < 4.78 is 5.67. The van der Waals surface area contributed by atoms with E-state index in [-0.39, 0.29) is 12.0 Å². The molecule has 0 saturated carbocycles. The Morgan fingerprint density at radius 3 is 3.04 bits per heavy atom. The number of hydrogen-bond acceptors (Lipinski definition) is 4. The minimum Gasteiger partial charge on any atom is -0.381 e. The van der Waals surface area contributed by atoms with Crippen molar-refractivity contribution < 1.29 is 9.53 Å². The molecule has 2 heterocycles. The van der Waals surface area contributed by atoms with Crippen LogP contribution in [0.25, 0.3) is 0 Å². The fourth-order valence-corrected chi connectivity index (χ4v) is 3.85. The zero-order valence-electron chi connectivity index (χ0n) is 13.6. The number of carbonyl (C=O) groups excluding carboxylic acids is 1. The van der Waals surface area contributed by atoms with Gasteiger partial charge in [0.05, 0.1) is 11.6 Å². The molecule has 5 heteroatoms. The number of aromatic nitrogens is 1. The summed E-state index contributed by atoms with van der Waals surface area (Å²) in [5, 5.41) is 1.82. The Kier molecular flexibility index (Phi) is 5.08. The summed E-state index contributed by atoms with van der Waals surface area (Å²) in [6.07, 6.45) is 2.01. The highest BCUT2D eigenvalue weighted by Gasteiger charge is 2.32. The van der Waals surface area contributed by atoms with Crippen LogP contribution in [-0.4, -0.2) is 42.1 Å². The minimum atomic E-state index is 0.0371. The number of rotatable bonds is 4. The Hall–Kier alpha value is -1.72. The molecule has 23 heavy (non-hydrogen) atoms. The SMILES string of the molecule is CO[C@@H]1CCN(C(=O)c2cscn2)C[C@@H]1Cc1cccc(C)c1. The summed E-state index contributed by atoms with van der Waals surface area (Å²) in [4.78, 5) is 18.6. The molecule has 1 amide bonds. The lowest BCUT2D eigenvalue weighted by atomic mass is 9.88. The van der Waals surface area contributed by atoms with Crippen molar-refractivity contribution in [3.63, 3.8) is 0 Å². The quantitative estimate of drug-likeness (QED) is 0.865. The molecule has 4 nitrogen and oxygen atoms in total. The van der Waals surface area contributed by atoms with Crippen molar-refractivity contribution in [3.05, 3.63) is 52.0 Å². The summed E-state index contributed by atoms with van der Waals surface area (Å²) in [5.41, 5.74) is 4.84. The number of likely N-dealkylation sites (tertiary alicyclic amines) is 1. The molecule has 0 spiro atoms. The van der Waals surface area contributed by atoms with E-state index in [4.69, 9.17) is 4.74 Å². The number of piperidine rings is 1. The van der Waals surface area contributed by atoms with E-state index in [0.29, 0.717) is 11.6 Å².